The topological polar surface area (TPSA) is 60.9 Å². The molecule has 0 radical (unpaired) electrons. The van der Waals surface area contributed by atoms with Gasteiger partial charge in [-0.05, 0) is 55.7 Å². The summed E-state index contributed by atoms with van der Waals surface area (Å²) in [5.74, 6) is -1.07. The Hall–Kier alpha value is -2.82. The highest BCUT2D eigenvalue weighted by Crippen LogP contribution is 2.42. The summed E-state index contributed by atoms with van der Waals surface area (Å²) in [6.07, 6.45) is 2.44. The van der Waals surface area contributed by atoms with Crippen LogP contribution in [-0.2, 0) is 0 Å². The maximum atomic E-state index is 13.0. The summed E-state index contributed by atoms with van der Waals surface area (Å²) in [5.41, 5.74) is 3.99. The maximum absolute atomic E-state index is 13.0. The Labute approximate surface area is 146 Å². The number of rotatable bonds is 3. The van der Waals surface area contributed by atoms with Crippen LogP contribution in [0.25, 0.3) is 0 Å². The van der Waals surface area contributed by atoms with Crippen LogP contribution < -0.4 is 9.80 Å². The van der Waals surface area contributed by atoms with Crippen molar-refractivity contribution in [2.24, 2.45) is 0 Å². The van der Waals surface area contributed by atoms with E-state index < -0.39 is 5.97 Å². The van der Waals surface area contributed by atoms with Crippen molar-refractivity contribution >= 4 is 23.3 Å². The van der Waals surface area contributed by atoms with Crippen LogP contribution in [0.15, 0.2) is 42.5 Å². The molecule has 0 atom stereocenters. The van der Waals surface area contributed by atoms with Crippen molar-refractivity contribution in [2.75, 3.05) is 22.9 Å². The fraction of sp³-hybridized carbons (Fsp3) is 0.300. The lowest BCUT2D eigenvalue weighted by Crippen LogP contribution is -2.45. The third-order valence-corrected chi connectivity index (χ3v) is 4.97. The predicted octanol–water partition coefficient (Wildman–Crippen LogP) is 3.32. The summed E-state index contributed by atoms with van der Waals surface area (Å²) in [4.78, 5) is 28.2. The van der Waals surface area contributed by atoms with Crippen LogP contribution >= 0.6 is 0 Å². The van der Waals surface area contributed by atoms with E-state index in [-0.39, 0.29) is 11.5 Å². The van der Waals surface area contributed by atoms with E-state index in [9.17, 15) is 9.59 Å². The number of carbonyl (C=O) groups is 2. The van der Waals surface area contributed by atoms with Crippen LogP contribution in [0.1, 0.15) is 39.1 Å². The fourth-order valence-corrected chi connectivity index (χ4v) is 3.55. The molecular formula is C20H20N2O3. The van der Waals surface area contributed by atoms with Gasteiger partial charge < -0.3 is 14.9 Å². The summed E-state index contributed by atoms with van der Waals surface area (Å²) in [6.45, 7) is 3.57. The van der Waals surface area contributed by atoms with E-state index in [1.807, 2.05) is 17.0 Å². The van der Waals surface area contributed by atoms with Crippen molar-refractivity contribution in [1.82, 2.24) is 0 Å². The molecule has 2 aromatic carbocycles. The van der Waals surface area contributed by atoms with E-state index in [1.54, 1.807) is 12.1 Å². The first-order valence-electron chi connectivity index (χ1n) is 8.58. The van der Waals surface area contributed by atoms with Gasteiger partial charge in [-0.25, -0.2) is 4.79 Å². The second-order valence-corrected chi connectivity index (χ2v) is 6.71. The van der Waals surface area contributed by atoms with E-state index in [1.165, 1.54) is 30.5 Å². The molecular weight excluding hydrogens is 316 g/mol. The SMILES string of the molecule is Cc1cccc2c1N(C1CC1)CCN2C(=O)c1ccc(C(=O)O)cc1. The zero-order chi connectivity index (χ0) is 17.6. The molecule has 5 heteroatoms. The van der Waals surface area contributed by atoms with Gasteiger partial charge in [0.2, 0.25) is 0 Å². The summed E-state index contributed by atoms with van der Waals surface area (Å²) < 4.78 is 0. The summed E-state index contributed by atoms with van der Waals surface area (Å²) >= 11 is 0. The number of carboxylic acid groups (broad SMARTS) is 1. The Morgan fingerprint density at radius 2 is 1.68 bits per heavy atom. The molecule has 128 valence electrons. The van der Waals surface area contributed by atoms with E-state index in [4.69, 9.17) is 5.11 Å². The van der Waals surface area contributed by atoms with Gasteiger partial charge in [0.25, 0.3) is 5.91 Å². The number of para-hydroxylation sites is 1. The van der Waals surface area contributed by atoms with Crippen LogP contribution in [0.3, 0.4) is 0 Å². The van der Waals surface area contributed by atoms with Gasteiger partial charge in [-0.1, -0.05) is 12.1 Å². The highest BCUT2D eigenvalue weighted by Gasteiger charge is 2.36. The molecule has 0 aromatic heterocycles. The van der Waals surface area contributed by atoms with E-state index in [2.05, 4.69) is 17.9 Å². The fourth-order valence-electron chi connectivity index (χ4n) is 3.55. The van der Waals surface area contributed by atoms with Crippen molar-refractivity contribution in [2.45, 2.75) is 25.8 Å². The maximum Gasteiger partial charge on any atom is 0.335 e. The van der Waals surface area contributed by atoms with Gasteiger partial charge in [0.15, 0.2) is 0 Å². The number of carboxylic acids is 1. The molecule has 0 bridgehead atoms. The standard InChI is InChI=1S/C20H20N2O3/c1-13-3-2-4-17-18(13)21(16-9-10-16)11-12-22(17)19(23)14-5-7-15(8-6-14)20(24)25/h2-8,16H,9-12H2,1H3,(H,24,25). The van der Waals surface area contributed by atoms with Crippen LogP contribution in [0, 0.1) is 6.92 Å². The van der Waals surface area contributed by atoms with Gasteiger partial charge in [-0.2, -0.15) is 0 Å². The molecule has 1 saturated carbocycles. The van der Waals surface area contributed by atoms with Crippen molar-refractivity contribution in [1.29, 1.82) is 0 Å². The molecule has 25 heavy (non-hydrogen) atoms. The molecule has 2 aromatic rings. The number of hydrogen-bond acceptors (Lipinski definition) is 3. The minimum atomic E-state index is -0.988. The first-order valence-corrected chi connectivity index (χ1v) is 8.58. The second kappa shape index (κ2) is 5.92. The molecule has 1 aliphatic carbocycles. The Morgan fingerprint density at radius 1 is 1.00 bits per heavy atom. The minimum absolute atomic E-state index is 0.0840. The molecule has 1 N–H and O–H groups in total. The van der Waals surface area contributed by atoms with Crippen LogP contribution in [0.4, 0.5) is 11.4 Å². The molecule has 1 fully saturated rings. The average Bonchev–Trinajstić information content (AvgIpc) is 3.45. The van der Waals surface area contributed by atoms with Crippen LogP contribution in [-0.4, -0.2) is 36.1 Å². The highest BCUT2D eigenvalue weighted by atomic mass is 16.4. The monoisotopic (exact) mass is 336 g/mol. The highest BCUT2D eigenvalue weighted by molar-refractivity contribution is 6.09. The minimum Gasteiger partial charge on any atom is -0.478 e. The normalized spacial score (nSPS) is 16.5. The lowest BCUT2D eigenvalue weighted by atomic mass is 10.0. The molecule has 0 spiro atoms. The lowest BCUT2D eigenvalue weighted by Gasteiger charge is -2.39. The first-order chi connectivity index (χ1) is 12.1. The molecule has 1 aliphatic heterocycles. The number of benzene rings is 2. The number of aromatic carboxylic acids is 1. The molecule has 1 amide bonds. The predicted molar refractivity (Wildman–Crippen MR) is 96.6 cm³/mol. The Balaban J connectivity index is 1.68. The number of aryl methyl sites for hydroxylation is 1. The number of hydrogen-bond donors (Lipinski definition) is 1. The molecule has 2 aliphatic rings. The Kier molecular flexibility index (Phi) is 3.71. The number of fused-ring (bicyclic) bond motifs is 1. The summed E-state index contributed by atoms with van der Waals surface area (Å²) in [7, 11) is 0. The third kappa shape index (κ3) is 2.76. The van der Waals surface area contributed by atoms with Crippen molar-refractivity contribution < 1.29 is 14.7 Å². The van der Waals surface area contributed by atoms with Gasteiger partial charge in [0, 0.05) is 24.7 Å². The summed E-state index contributed by atoms with van der Waals surface area (Å²) in [6, 6.07) is 12.8. The van der Waals surface area contributed by atoms with Crippen molar-refractivity contribution in [3.8, 4) is 0 Å². The third-order valence-electron chi connectivity index (χ3n) is 4.97. The lowest BCUT2D eigenvalue weighted by molar-refractivity contribution is 0.0696. The number of anilines is 2. The first kappa shape index (κ1) is 15.7. The van der Waals surface area contributed by atoms with Crippen molar-refractivity contribution in [3.63, 3.8) is 0 Å². The van der Waals surface area contributed by atoms with Gasteiger partial charge in [-0.3, -0.25) is 4.79 Å². The van der Waals surface area contributed by atoms with Gasteiger partial charge in [0.1, 0.15) is 0 Å². The van der Waals surface area contributed by atoms with E-state index in [0.717, 1.165) is 17.9 Å². The summed E-state index contributed by atoms with van der Waals surface area (Å²) in [5, 5.41) is 9.01. The number of nitrogens with zero attached hydrogens (tertiary/aromatic N) is 2. The largest absolute Gasteiger partial charge is 0.478 e. The van der Waals surface area contributed by atoms with Gasteiger partial charge in [0.05, 0.1) is 16.9 Å². The number of carbonyl (C=O) groups excluding carboxylic acids is 1. The van der Waals surface area contributed by atoms with Crippen LogP contribution in [0.2, 0.25) is 0 Å². The van der Waals surface area contributed by atoms with E-state index >= 15 is 0 Å². The zero-order valence-corrected chi connectivity index (χ0v) is 14.1. The number of amides is 1. The van der Waals surface area contributed by atoms with Crippen LogP contribution in [0.5, 0.6) is 0 Å². The molecule has 1 heterocycles. The van der Waals surface area contributed by atoms with Gasteiger partial charge in [-0.15, -0.1) is 0 Å². The van der Waals surface area contributed by atoms with Gasteiger partial charge >= 0.3 is 5.97 Å². The smallest absolute Gasteiger partial charge is 0.335 e. The molecule has 5 nitrogen and oxygen atoms in total. The Bertz CT molecular complexity index is 841. The molecule has 4 rings (SSSR count). The van der Waals surface area contributed by atoms with E-state index in [0.29, 0.717) is 18.2 Å². The Morgan fingerprint density at radius 3 is 2.32 bits per heavy atom. The second-order valence-electron chi connectivity index (χ2n) is 6.71. The van der Waals surface area contributed by atoms with Crippen molar-refractivity contribution in [3.05, 3.63) is 59.2 Å². The molecule has 0 saturated heterocycles. The molecule has 0 unspecified atom stereocenters. The average molecular weight is 336 g/mol. The quantitative estimate of drug-likeness (QED) is 0.934. The zero-order valence-electron chi connectivity index (χ0n) is 14.1.